The molecule has 0 aliphatic rings. The fourth-order valence-corrected chi connectivity index (χ4v) is 3.78. The predicted octanol–water partition coefficient (Wildman–Crippen LogP) is 5.16. The average molecular weight is 537 g/mol. The smallest absolute Gasteiger partial charge is 0.269 e. The normalized spacial score (nSPS) is 10.8. The number of hydrogen-bond donors (Lipinski definition) is 4. The Morgan fingerprint density at radius 3 is 2.03 bits per heavy atom. The summed E-state index contributed by atoms with van der Waals surface area (Å²) in [6.07, 6.45) is 0.652. The zero-order valence-corrected chi connectivity index (χ0v) is 22.4. The van der Waals surface area contributed by atoms with E-state index in [9.17, 15) is 14.4 Å². The molecule has 0 fully saturated rings. The molecular formula is C28H29ClN4O3S. The number of rotatable bonds is 6. The first-order valence-electron chi connectivity index (χ1n) is 11.7. The van der Waals surface area contributed by atoms with Crippen molar-refractivity contribution in [3.8, 4) is 0 Å². The number of benzene rings is 3. The number of aryl methyl sites for hydroxylation is 1. The minimum absolute atomic E-state index is 0.00671. The Labute approximate surface area is 227 Å². The number of carbonyl (C=O) groups excluding carboxylic acids is 3. The molecule has 3 aromatic carbocycles. The van der Waals surface area contributed by atoms with Crippen LogP contribution in [0.2, 0.25) is 5.02 Å². The van der Waals surface area contributed by atoms with Gasteiger partial charge in [0.1, 0.15) is 0 Å². The Kier molecular flexibility index (Phi) is 9.38. The van der Waals surface area contributed by atoms with Crippen LogP contribution in [0.15, 0.2) is 72.8 Å². The molecule has 3 amide bonds. The summed E-state index contributed by atoms with van der Waals surface area (Å²) in [6.45, 7) is 6.34. The standard InChI is InChI=1S/C28H29ClN4O3S/c1-28(2,3)21-13-8-19(9-14-21)25(35)30-22-15-10-20(11-16-22)26(36)32-33-27(37)31-24(34)17-12-18-6-4-5-7-23(18)29/h4-11,13-16H,12,17H2,1-3H3,(H,30,35)(H,32,36)(H2,31,33,34,37). The van der Waals surface area contributed by atoms with Crippen LogP contribution in [-0.2, 0) is 16.6 Å². The molecule has 0 spiro atoms. The van der Waals surface area contributed by atoms with E-state index in [1.807, 2.05) is 30.3 Å². The summed E-state index contributed by atoms with van der Waals surface area (Å²) in [5.41, 5.74) is 8.40. The van der Waals surface area contributed by atoms with Crippen LogP contribution in [0.3, 0.4) is 0 Å². The number of halogens is 1. The number of hydrazine groups is 1. The van der Waals surface area contributed by atoms with Crippen molar-refractivity contribution in [3.05, 3.63) is 100 Å². The van der Waals surface area contributed by atoms with Crippen LogP contribution in [0.5, 0.6) is 0 Å². The van der Waals surface area contributed by atoms with Gasteiger partial charge in [-0.1, -0.05) is 62.7 Å². The van der Waals surface area contributed by atoms with Crippen molar-refractivity contribution in [2.75, 3.05) is 5.32 Å². The maximum Gasteiger partial charge on any atom is 0.269 e. The summed E-state index contributed by atoms with van der Waals surface area (Å²) in [5.74, 6) is -1.00. The van der Waals surface area contributed by atoms with Crippen LogP contribution >= 0.6 is 23.8 Å². The van der Waals surface area contributed by atoms with E-state index in [0.29, 0.717) is 28.3 Å². The van der Waals surface area contributed by atoms with E-state index >= 15 is 0 Å². The van der Waals surface area contributed by atoms with Gasteiger partial charge in [0.05, 0.1) is 0 Å². The highest BCUT2D eigenvalue weighted by atomic mass is 35.5. The van der Waals surface area contributed by atoms with Crippen LogP contribution in [0.1, 0.15) is 59.0 Å². The van der Waals surface area contributed by atoms with Gasteiger partial charge in [-0.15, -0.1) is 0 Å². The molecule has 7 nitrogen and oxygen atoms in total. The van der Waals surface area contributed by atoms with E-state index in [4.69, 9.17) is 23.8 Å². The zero-order valence-electron chi connectivity index (χ0n) is 20.9. The molecule has 0 heterocycles. The highest BCUT2D eigenvalue weighted by Gasteiger charge is 2.15. The molecule has 192 valence electrons. The number of nitrogens with one attached hydrogen (secondary N) is 4. The molecule has 0 aliphatic carbocycles. The van der Waals surface area contributed by atoms with E-state index in [1.165, 1.54) is 0 Å². The summed E-state index contributed by atoms with van der Waals surface area (Å²) in [4.78, 5) is 37.1. The number of hydrogen-bond acceptors (Lipinski definition) is 4. The first-order valence-corrected chi connectivity index (χ1v) is 12.5. The lowest BCUT2D eigenvalue weighted by molar-refractivity contribution is -0.119. The first-order chi connectivity index (χ1) is 17.5. The third-order valence-electron chi connectivity index (χ3n) is 5.54. The second-order valence-electron chi connectivity index (χ2n) is 9.41. The maximum atomic E-state index is 12.5. The van der Waals surface area contributed by atoms with Crippen LogP contribution in [0.4, 0.5) is 5.69 Å². The molecule has 0 unspecified atom stereocenters. The first kappa shape index (κ1) is 27.8. The molecule has 0 bridgehead atoms. The molecule has 0 aliphatic heterocycles. The molecule has 4 N–H and O–H groups in total. The third kappa shape index (κ3) is 8.41. The molecule has 0 aromatic heterocycles. The van der Waals surface area contributed by atoms with Gasteiger partial charge in [0, 0.05) is 28.3 Å². The SMILES string of the molecule is CC(C)(C)c1ccc(C(=O)Nc2ccc(C(=O)NNC(=S)NC(=O)CCc3ccccc3Cl)cc2)cc1. The summed E-state index contributed by atoms with van der Waals surface area (Å²) in [7, 11) is 0. The predicted molar refractivity (Wildman–Crippen MR) is 151 cm³/mol. The number of amides is 3. The van der Waals surface area contributed by atoms with E-state index < -0.39 is 5.91 Å². The topological polar surface area (TPSA) is 99.3 Å². The number of carbonyl (C=O) groups is 3. The molecule has 0 radical (unpaired) electrons. The largest absolute Gasteiger partial charge is 0.322 e. The van der Waals surface area contributed by atoms with E-state index in [1.54, 1.807) is 42.5 Å². The Balaban J connectivity index is 1.44. The summed E-state index contributed by atoms with van der Waals surface area (Å²) >= 11 is 11.2. The maximum absolute atomic E-state index is 12.5. The number of anilines is 1. The van der Waals surface area contributed by atoms with Crippen LogP contribution in [0, 0.1) is 0 Å². The Hall–Kier alpha value is -3.75. The summed E-state index contributed by atoms with van der Waals surface area (Å²) in [6, 6.07) is 21.2. The van der Waals surface area contributed by atoms with Crippen molar-refractivity contribution in [2.45, 2.75) is 39.0 Å². The summed E-state index contributed by atoms with van der Waals surface area (Å²) < 4.78 is 0. The Morgan fingerprint density at radius 2 is 1.41 bits per heavy atom. The van der Waals surface area contributed by atoms with Gasteiger partial charge in [-0.05, 0) is 77.6 Å². The van der Waals surface area contributed by atoms with E-state index in [0.717, 1.165) is 11.1 Å². The summed E-state index contributed by atoms with van der Waals surface area (Å²) in [5, 5.41) is 5.90. The zero-order chi connectivity index (χ0) is 27.0. The monoisotopic (exact) mass is 536 g/mol. The van der Waals surface area contributed by atoms with Crippen molar-refractivity contribution in [1.82, 2.24) is 16.2 Å². The minimum Gasteiger partial charge on any atom is -0.322 e. The van der Waals surface area contributed by atoms with Crippen LogP contribution in [0.25, 0.3) is 0 Å². The van der Waals surface area contributed by atoms with Gasteiger partial charge in [-0.25, -0.2) is 0 Å². The number of thiocarbonyl (C=S) groups is 1. The molecule has 3 rings (SSSR count). The fraction of sp³-hybridized carbons (Fsp3) is 0.214. The lowest BCUT2D eigenvalue weighted by Crippen LogP contribution is -2.48. The van der Waals surface area contributed by atoms with Gasteiger partial charge in [0.25, 0.3) is 11.8 Å². The van der Waals surface area contributed by atoms with E-state index in [2.05, 4.69) is 42.3 Å². The molecule has 0 saturated heterocycles. The van der Waals surface area contributed by atoms with Crippen molar-refractivity contribution < 1.29 is 14.4 Å². The van der Waals surface area contributed by atoms with Gasteiger partial charge >= 0.3 is 0 Å². The quantitative estimate of drug-likeness (QED) is 0.258. The van der Waals surface area contributed by atoms with Crippen molar-refractivity contribution in [3.63, 3.8) is 0 Å². The van der Waals surface area contributed by atoms with Gasteiger partial charge in [-0.2, -0.15) is 0 Å². The average Bonchev–Trinajstić information content (AvgIpc) is 2.87. The molecule has 9 heteroatoms. The van der Waals surface area contributed by atoms with Crippen molar-refractivity contribution >= 4 is 52.3 Å². The Bertz CT molecular complexity index is 1290. The Morgan fingerprint density at radius 1 is 0.811 bits per heavy atom. The van der Waals surface area contributed by atoms with Gasteiger partial charge in [0.15, 0.2) is 5.11 Å². The second-order valence-corrected chi connectivity index (χ2v) is 10.2. The minimum atomic E-state index is -0.455. The molecule has 3 aromatic rings. The van der Waals surface area contributed by atoms with Crippen molar-refractivity contribution in [1.29, 1.82) is 0 Å². The molecule has 37 heavy (non-hydrogen) atoms. The lowest BCUT2D eigenvalue weighted by Gasteiger charge is -2.19. The highest BCUT2D eigenvalue weighted by molar-refractivity contribution is 7.80. The fourth-order valence-electron chi connectivity index (χ4n) is 3.39. The van der Waals surface area contributed by atoms with Crippen LogP contribution in [-0.4, -0.2) is 22.8 Å². The van der Waals surface area contributed by atoms with Gasteiger partial charge < -0.3 is 10.6 Å². The molecule has 0 atom stereocenters. The lowest BCUT2D eigenvalue weighted by atomic mass is 9.87. The van der Waals surface area contributed by atoms with E-state index in [-0.39, 0.29) is 28.8 Å². The van der Waals surface area contributed by atoms with Crippen LogP contribution < -0.4 is 21.5 Å². The highest BCUT2D eigenvalue weighted by Crippen LogP contribution is 2.22. The molecule has 0 saturated carbocycles. The van der Waals surface area contributed by atoms with Crippen molar-refractivity contribution in [2.24, 2.45) is 0 Å². The van der Waals surface area contributed by atoms with Gasteiger partial charge in [0.2, 0.25) is 5.91 Å². The van der Waals surface area contributed by atoms with Gasteiger partial charge in [-0.3, -0.25) is 25.2 Å². The molecular weight excluding hydrogens is 508 g/mol. The third-order valence-corrected chi connectivity index (χ3v) is 6.11. The second kappa shape index (κ2) is 12.5.